The standard InChI is InChI=1S/C14H30N2/c1-10(2)14(11(3)4)9-16-8-12-5-6-13(15)7-12/h10-14,16H,5-9,15H2,1-4H3. The monoisotopic (exact) mass is 226 g/mol. The van der Waals surface area contributed by atoms with Gasteiger partial charge in [-0.25, -0.2) is 0 Å². The fraction of sp³-hybridized carbons (Fsp3) is 1.00. The Morgan fingerprint density at radius 3 is 2.19 bits per heavy atom. The normalized spacial score (nSPS) is 26.2. The van der Waals surface area contributed by atoms with Gasteiger partial charge in [0, 0.05) is 6.04 Å². The highest BCUT2D eigenvalue weighted by Gasteiger charge is 2.22. The van der Waals surface area contributed by atoms with Crippen molar-refractivity contribution in [1.82, 2.24) is 5.32 Å². The van der Waals surface area contributed by atoms with Gasteiger partial charge in [-0.1, -0.05) is 27.7 Å². The molecule has 0 aromatic heterocycles. The van der Waals surface area contributed by atoms with Crippen molar-refractivity contribution < 1.29 is 0 Å². The molecule has 3 N–H and O–H groups in total. The summed E-state index contributed by atoms with van der Waals surface area (Å²) in [6, 6.07) is 0.470. The van der Waals surface area contributed by atoms with Crippen LogP contribution in [0.1, 0.15) is 47.0 Å². The van der Waals surface area contributed by atoms with E-state index in [1.165, 1.54) is 32.4 Å². The molecule has 2 nitrogen and oxygen atoms in total. The molecule has 96 valence electrons. The molecule has 0 radical (unpaired) electrons. The third kappa shape index (κ3) is 4.42. The van der Waals surface area contributed by atoms with Crippen molar-refractivity contribution in [2.75, 3.05) is 13.1 Å². The topological polar surface area (TPSA) is 38.0 Å². The third-order valence-corrected chi connectivity index (χ3v) is 4.11. The molecule has 2 atom stereocenters. The molecule has 2 unspecified atom stereocenters. The van der Waals surface area contributed by atoms with Crippen LogP contribution in [-0.2, 0) is 0 Å². The van der Waals surface area contributed by atoms with Gasteiger partial charge in [0.1, 0.15) is 0 Å². The maximum atomic E-state index is 5.93. The van der Waals surface area contributed by atoms with Crippen LogP contribution in [0, 0.1) is 23.7 Å². The molecule has 0 spiro atoms. The number of rotatable bonds is 6. The second-order valence-corrected chi connectivity index (χ2v) is 6.25. The molecule has 1 aliphatic rings. The summed E-state index contributed by atoms with van der Waals surface area (Å²) in [4.78, 5) is 0. The quantitative estimate of drug-likeness (QED) is 0.730. The lowest BCUT2D eigenvalue weighted by Crippen LogP contribution is -2.32. The lowest BCUT2D eigenvalue weighted by molar-refractivity contribution is 0.270. The largest absolute Gasteiger partial charge is 0.328 e. The van der Waals surface area contributed by atoms with Gasteiger partial charge in [0.15, 0.2) is 0 Å². The average Bonchev–Trinajstić information content (AvgIpc) is 2.57. The molecule has 1 saturated carbocycles. The second-order valence-electron chi connectivity index (χ2n) is 6.25. The minimum Gasteiger partial charge on any atom is -0.328 e. The Bertz CT molecular complexity index is 181. The molecular weight excluding hydrogens is 196 g/mol. The van der Waals surface area contributed by atoms with E-state index in [1.807, 2.05) is 0 Å². The van der Waals surface area contributed by atoms with Gasteiger partial charge in [-0.3, -0.25) is 0 Å². The molecule has 1 rings (SSSR count). The molecule has 1 aliphatic carbocycles. The number of hydrogen-bond donors (Lipinski definition) is 2. The van der Waals surface area contributed by atoms with E-state index in [-0.39, 0.29) is 0 Å². The van der Waals surface area contributed by atoms with Gasteiger partial charge in [0.05, 0.1) is 0 Å². The van der Waals surface area contributed by atoms with E-state index >= 15 is 0 Å². The Balaban J connectivity index is 2.18. The SMILES string of the molecule is CC(C)C(CNCC1CCC(N)C1)C(C)C. The van der Waals surface area contributed by atoms with Gasteiger partial charge in [0.25, 0.3) is 0 Å². The molecular formula is C14H30N2. The molecule has 0 saturated heterocycles. The summed E-state index contributed by atoms with van der Waals surface area (Å²) in [5.41, 5.74) is 5.93. The molecule has 16 heavy (non-hydrogen) atoms. The van der Waals surface area contributed by atoms with Crippen LogP contribution in [0.5, 0.6) is 0 Å². The summed E-state index contributed by atoms with van der Waals surface area (Å²) in [5.74, 6) is 3.18. The van der Waals surface area contributed by atoms with E-state index in [0.717, 1.165) is 23.7 Å². The van der Waals surface area contributed by atoms with Crippen LogP contribution in [0.2, 0.25) is 0 Å². The first-order valence-electron chi connectivity index (χ1n) is 6.97. The van der Waals surface area contributed by atoms with Crippen molar-refractivity contribution >= 4 is 0 Å². The maximum Gasteiger partial charge on any atom is 0.00420 e. The Kier molecular flexibility index (Phi) is 5.77. The van der Waals surface area contributed by atoms with Crippen molar-refractivity contribution in [3.63, 3.8) is 0 Å². The lowest BCUT2D eigenvalue weighted by Gasteiger charge is -2.26. The van der Waals surface area contributed by atoms with E-state index in [9.17, 15) is 0 Å². The predicted octanol–water partition coefficient (Wildman–Crippen LogP) is 2.63. The second kappa shape index (κ2) is 6.61. The molecule has 0 heterocycles. The minimum absolute atomic E-state index is 0.470. The van der Waals surface area contributed by atoms with Crippen LogP contribution in [0.15, 0.2) is 0 Å². The molecule has 2 heteroatoms. The molecule has 0 aliphatic heterocycles. The fourth-order valence-electron chi connectivity index (χ4n) is 2.99. The number of hydrogen-bond acceptors (Lipinski definition) is 2. The Morgan fingerprint density at radius 2 is 1.75 bits per heavy atom. The fourth-order valence-corrected chi connectivity index (χ4v) is 2.99. The van der Waals surface area contributed by atoms with Crippen LogP contribution < -0.4 is 11.1 Å². The van der Waals surface area contributed by atoms with E-state index in [1.54, 1.807) is 0 Å². The van der Waals surface area contributed by atoms with Gasteiger partial charge in [-0.2, -0.15) is 0 Å². The van der Waals surface area contributed by atoms with E-state index in [2.05, 4.69) is 33.0 Å². The first-order chi connectivity index (χ1) is 7.50. The van der Waals surface area contributed by atoms with E-state index < -0.39 is 0 Å². The van der Waals surface area contributed by atoms with Crippen molar-refractivity contribution in [3.05, 3.63) is 0 Å². The average molecular weight is 226 g/mol. The highest BCUT2D eigenvalue weighted by molar-refractivity contribution is 4.79. The summed E-state index contributed by atoms with van der Waals surface area (Å²) >= 11 is 0. The molecule has 1 fully saturated rings. The van der Waals surface area contributed by atoms with Gasteiger partial charge < -0.3 is 11.1 Å². The predicted molar refractivity (Wildman–Crippen MR) is 71.4 cm³/mol. The Labute approximate surface area is 101 Å². The van der Waals surface area contributed by atoms with Crippen molar-refractivity contribution in [2.24, 2.45) is 29.4 Å². The van der Waals surface area contributed by atoms with Gasteiger partial charge in [-0.05, 0) is 56.0 Å². The summed E-state index contributed by atoms with van der Waals surface area (Å²) < 4.78 is 0. The van der Waals surface area contributed by atoms with Crippen LogP contribution in [0.3, 0.4) is 0 Å². The molecule has 0 bridgehead atoms. The highest BCUT2D eigenvalue weighted by atomic mass is 14.9. The van der Waals surface area contributed by atoms with Crippen molar-refractivity contribution in [3.8, 4) is 0 Å². The smallest absolute Gasteiger partial charge is 0.00420 e. The van der Waals surface area contributed by atoms with Crippen LogP contribution >= 0.6 is 0 Å². The van der Waals surface area contributed by atoms with E-state index in [4.69, 9.17) is 5.73 Å². The highest BCUT2D eigenvalue weighted by Crippen LogP contribution is 2.24. The zero-order valence-electron chi connectivity index (χ0n) is 11.5. The maximum absolute atomic E-state index is 5.93. The van der Waals surface area contributed by atoms with Crippen molar-refractivity contribution in [2.45, 2.75) is 53.0 Å². The summed E-state index contributed by atoms with van der Waals surface area (Å²) in [7, 11) is 0. The molecule has 0 aromatic rings. The third-order valence-electron chi connectivity index (χ3n) is 4.11. The van der Waals surface area contributed by atoms with Crippen LogP contribution in [0.4, 0.5) is 0 Å². The van der Waals surface area contributed by atoms with Gasteiger partial charge in [0.2, 0.25) is 0 Å². The van der Waals surface area contributed by atoms with Crippen LogP contribution in [0.25, 0.3) is 0 Å². The number of nitrogens with one attached hydrogen (secondary N) is 1. The zero-order chi connectivity index (χ0) is 12.1. The summed E-state index contributed by atoms with van der Waals surface area (Å²) in [6.07, 6.45) is 3.77. The summed E-state index contributed by atoms with van der Waals surface area (Å²) in [6.45, 7) is 11.7. The Morgan fingerprint density at radius 1 is 1.12 bits per heavy atom. The number of nitrogens with two attached hydrogens (primary N) is 1. The first-order valence-corrected chi connectivity index (χ1v) is 6.97. The summed E-state index contributed by atoms with van der Waals surface area (Å²) in [5, 5.41) is 3.66. The Hall–Kier alpha value is -0.0800. The van der Waals surface area contributed by atoms with Crippen LogP contribution in [-0.4, -0.2) is 19.1 Å². The van der Waals surface area contributed by atoms with Gasteiger partial charge in [-0.15, -0.1) is 0 Å². The van der Waals surface area contributed by atoms with Gasteiger partial charge >= 0.3 is 0 Å². The molecule has 0 aromatic carbocycles. The zero-order valence-corrected chi connectivity index (χ0v) is 11.5. The van der Waals surface area contributed by atoms with E-state index in [0.29, 0.717) is 6.04 Å². The van der Waals surface area contributed by atoms with Crippen molar-refractivity contribution in [1.29, 1.82) is 0 Å². The lowest BCUT2D eigenvalue weighted by atomic mass is 9.85. The first kappa shape index (κ1) is 14.0. The minimum atomic E-state index is 0.470. The molecule has 0 amide bonds.